The van der Waals surface area contributed by atoms with Crippen molar-refractivity contribution in [1.82, 2.24) is 19.5 Å². The van der Waals surface area contributed by atoms with Crippen molar-refractivity contribution < 1.29 is 36.5 Å². The minimum atomic E-state index is -4.02. The first-order valence-electron chi connectivity index (χ1n) is 17.0. The maximum atomic E-state index is 12.9. The van der Waals surface area contributed by atoms with Crippen LogP contribution >= 0.6 is 0 Å². The topological polar surface area (TPSA) is 168 Å². The van der Waals surface area contributed by atoms with Crippen LogP contribution in [0, 0.1) is 5.92 Å². The number of benzene rings is 2. The van der Waals surface area contributed by atoms with Crippen molar-refractivity contribution in [3.05, 3.63) is 88.5 Å². The number of hydrogen-bond donors (Lipinski definition) is 3. The van der Waals surface area contributed by atoms with E-state index in [-0.39, 0.29) is 35.5 Å². The zero-order valence-electron chi connectivity index (χ0n) is 30.6. The number of imidazole rings is 1. The van der Waals surface area contributed by atoms with Gasteiger partial charge in [0.2, 0.25) is 11.9 Å². The van der Waals surface area contributed by atoms with Gasteiger partial charge in [-0.3, -0.25) is 24.5 Å². The Balaban J connectivity index is 1.49. The molecule has 5 rings (SSSR count). The maximum absolute atomic E-state index is 12.9. The van der Waals surface area contributed by atoms with Crippen molar-refractivity contribution in [1.29, 1.82) is 0 Å². The Labute approximate surface area is 301 Å². The number of carbonyl (C=O) groups is 1. The zero-order chi connectivity index (χ0) is 37.1. The Kier molecular flexibility index (Phi) is 12.0. The predicted octanol–water partition coefficient (Wildman–Crippen LogP) is 4.95. The van der Waals surface area contributed by atoms with Gasteiger partial charge in [0.1, 0.15) is 24.4 Å². The Bertz CT molecular complexity index is 1770. The van der Waals surface area contributed by atoms with Gasteiger partial charge in [-0.25, -0.2) is 4.98 Å². The van der Waals surface area contributed by atoms with Crippen molar-refractivity contribution in [3.63, 3.8) is 0 Å². The largest absolute Gasteiger partial charge is 0.659 e. The standard InChI is InChI=1S/C34H49N5O9Si3/c1-22(2)31(41)37-34-36-30-26(32(42)38-34)35-21-39(30)33-29(43-3)27(40)25(45-33)20-44-51(47-49(4,5)6,48-50(7,8)9)46-28(23-16-12-10-13-17-23)24-18-14-11-15-19-24/h10-19,21-22,25,27-29,33,40H,20H2,1-9H3,(H2,36,37,38,41,42)/t25-,27-,29-,33-/m1/s1. The summed E-state index contributed by atoms with van der Waals surface area (Å²) in [6.45, 7) is 15.6. The first kappa shape index (κ1) is 38.9. The van der Waals surface area contributed by atoms with Crippen molar-refractivity contribution in [3.8, 4) is 0 Å². The lowest BCUT2D eigenvalue weighted by Gasteiger charge is -2.40. The van der Waals surface area contributed by atoms with E-state index >= 15 is 0 Å². The van der Waals surface area contributed by atoms with Crippen LogP contribution in [-0.4, -0.2) is 88.2 Å². The van der Waals surface area contributed by atoms with Crippen LogP contribution in [0.1, 0.15) is 37.3 Å². The van der Waals surface area contributed by atoms with Crippen molar-refractivity contribution in [2.75, 3.05) is 19.0 Å². The Morgan fingerprint density at radius 2 is 1.55 bits per heavy atom. The number of nitrogens with one attached hydrogen (secondary N) is 2. The van der Waals surface area contributed by atoms with Crippen molar-refractivity contribution in [2.24, 2.45) is 5.92 Å². The molecule has 2 aromatic carbocycles. The number of amides is 1. The molecule has 0 aliphatic carbocycles. The van der Waals surface area contributed by atoms with E-state index in [1.165, 1.54) is 18.0 Å². The number of aliphatic hydroxyl groups is 1. The maximum Gasteiger partial charge on any atom is 0.659 e. The molecule has 1 saturated heterocycles. The fraction of sp³-hybridized carbons (Fsp3) is 0.471. The summed E-state index contributed by atoms with van der Waals surface area (Å²) in [4.78, 5) is 36.5. The molecule has 0 bridgehead atoms. The molecule has 1 fully saturated rings. The van der Waals surface area contributed by atoms with Gasteiger partial charge < -0.3 is 31.7 Å². The van der Waals surface area contributed by atoms with Crippen LogP contribution in [-0.2, 0) is 31.4 Å². The molecule has 4 aromatic rings. The molecular weight excluding hydrogens is 707 g/mol. The number of ether oxygens (including phenoxy) is 2. The lowest BCUT2D eigenvalue weighted by atomic mass is 10.0. The van der Waals surface area contributed by atoms with Gasteiger partial charge in [-0.1, -0.05) is 74.5 Å². The molecule has 3 N–H and O–H groups in total. The molecule has 17 heteroatoms. The highest BCUT2D eigenvalue weighted by Gasteiger charge is 2.55. The number of fused-ring (bicyclic) bond motifs is 1. The first-order valence-corrected chi connectivity index (χ1v) is 25.4. The molecule has 0 spiro atoms. The van der Waals surface area contributed by atoms with Gasteiger partial charge in [-0.15, -0.1) is 0 Å². The highest BCUT2D eigenvalue weighted by molar-refractivity contribution is 6.83. The van der Waals surface area contributed by atoms with Gasteiger partial charge in [-0.05, 0) is 50.4 Å². The molecule has 3 heterocycles. The van der Waals surface area contributed by atoms with E-state index in [0.29, 0.717) is 0 Å². The monoisotopic (exact) mass is 755 g/mol. The van der Waals surface area contributed by atoms with E-state index in [9.17, 15) is 14.7 Å². The Morgan fingerprint density at radius 1 is 0.980 bits per heavy atom. The summed E-state index contributed by atoms with van der Waals surface area (Å²) in [5.74, 6) is -0.694. The molecule has 0 saturated carbocycles. The number of methoxy groups -OCH3 is 1. The highest BCUT2D eigenvalue weighted by Crippen LogP contribution is 2.37. The number of nitrogens with zero attached hydrogens (tertiary/aromatic N) is 3. The third-order valence-electron chi connectivity index (χ3n) is 7.81. The Hall–Kier alpha value is -3.37. The molecule has 2 aromatic heterocycles. The highest BCUT2D eigenvalue weighted by atomic mass is 28.5. The van der Waals surface area contributed by atoms with E-state index in [0.717, 1.165) is 11.1 Å². The summed E-state index contributed by atoms with van der Waals surface area (Å²) in [6, 6.07) is 19.7. The first-order chi connectivity index (χ1) is 24.0. The second-order valence-electron chi connectivity index (χ2n) is 14.7. The van der Waals surface area contributed by atoms with Crippen LogP contribution in [0.2, 0.25) is 39.3 Å². The number of aromatic nitrogens is 4. The molecule has 1 aliphatic heterocycles. The molecular formula is C34H49N5O9Si3. The van der Waals surface area contributed by atoms with E-state index < -0.39 is 61.9 Å². The van der Waals surface area contributed by atoms with Gasteiger partial charge in [0.25, 0.3) is 5.56 Å². The lowest BCUT2D eigenvalue weighted by Crippen LogP contribution is -2.60. The van der Waals surface area contributed by atoms with Crippen LogP contribution in [0.25, 0.3) is 11.2 Å². The van der Waals surface area contributed by atoms with Gasteiger partial charge in [0.05, 0.1) is 12.9 Å². The number of aliphatic hydroxyl groups excluding tert-OH is 1. The number of H-pyrrole nitrogens is 1. The summed E-state index contributed by atoms with van der Waals surface area (Å²) >= 11 is 0. The number of anilines is 1. The third kappa shape index (κ3) is 9.55. The fourth-order valence-electron chi connectivity index (χ4n) is 5.59. The number of hydrogen-bond acceptors (Lipinski definition) is 11. The molecule has 1 amide bonds. The summed E-state index contributed by atoms with van der Waals surface area (Å²) in [7, 11) is -7.36. The van der Waals surface area contributed by atoms with Gasteiger partial charge >= 0.3 is 9.05 Å². The number of aromatic amines is 1. The van der Waals surface area contributed by atoms with E-state index in [1.54, 1.807) is 13.8 Å². The summed E-state index contributed by atoms with van der Waals surface area (Å²) < 4.78 is 41.1. The molecule has 14 nitrogen and oxygen atoms in total. The summed E-state index contributed by atoms with van der Waals surface area (Å²) in [6.07, 6.45) is -3.16. The van der Waals surface area contributed by atoms with Crippen molar-refractivity contribution >= 4 is 48.7 Å². The fourth-order valence-corrected chi connectivity index (χ4v) is 14.0. The summed E-state index contributed by atoms with van der Waals surface area (Å²) in [5.41, 5.74) is 1.43. The number of rotatable bonds is 15. The summed E-state index contributed by atoms with van der Waals surface area (Å²) in [5, 5.41) is 14.2. The van der Waals surface area contributed by atoms with E-state index in [2.05, 4.69) is 20.3 Å². The van der Waals surface area contributed by atoms with Gasteiger partial charge in [0.15, 0.2) is 34.0 Å². The van der Waals surface area contributed by atoms with Gasteiger partial charge in [-0.2, -0.15) is 4.98 Å². The molecule has 0 radical (unpaired) electrons. The van der Waals surface area contributed by atoms with E-state index in [1.807, 2.05) is 99.9 Å². The van der Waals surface area contributed by atoms with E-state index in [4.69, 9.17) is 26.6 Å². The van der Waals surface area contributed by atoms with Gasteiger partial charge in [0, 0.05) is 13.0 Å². The number of carbonyl (C=O) groups excluding carboxylic acids is 1. The quantitative estimate of drug-likeness (QED) is 0.141. The minimum absolute atomic E-state index is 0.0324. The van der Waals surface area contributed by atoms with Crippen LogP contribution in [0.5, 0.6) is 0 Å². The normalized spacial score (nSPS) is 20.1. The Morgan fingerprint density at radius 3 is 2.06 bits per heavy atom. The predicted molar refractivity (Wildman–Crippen MR) is 199 cm³/mol. The van der Waals surface area contributed by atoms with Crippen LogP contribution in [0.4, 0.5) is 5.95 Å². The van der Waals surface area contributed by atoms with Crippen LogP contribution in [0.3, 0.4) is 0 Å². The molecule has 0 unspecified atom stereocenters. The smallest absolute Gasteiger partial charge is 0.395 e. The van der Waals surface area contributed by atoms with Crippen LogP contribution in [0.15, 0.2) is 71.8 Å². The second kappa shape index (κ2) is 15.7. The lowest BCUT2D eigenvalue weighted by molar-refractivity contribution is -0.118. The molecule has 1 aliphatic rings. The zero-order valence-corrected chi connectivity index (χ0v) is 33.6. The van der Waals surface area contributed by atoms with Crippen LogP contribution < -0.4 is 10.9 Å². The molecule has 276 valence electrons. The second-order valence-corrected chi connectivity index (χ2v) is 26.3. The molecule has 4 atom stereocenters. The average Bonchev–Trinajstić information content (AvgIpc) is 3.62. The average molecular weight is 756 g/mol. The minimum Gasteiger partial charge on any atom is -0.395 e. The van der Waals surface area contributed by atoms with Crippen molar-refractivity contribution in [2.45, 2.75) is 83.8 Å². The SMILES string of the molecule is CO[C@@H]1[C@H](O)[C@@H](CO[Si](OC(c2ccccc2)c2ccccc2)(O[Si](C)(C)C)O[Si](C)(C)C)O[C@H]1n1cnc2c(=O)[nH]c(NC(=O)C(C)C)nc21. The third-order valence-corrected chi connectivity index (χ3v) is 15.8. The molecule has 51 heavy (non-hydrogen) atoms.